The van der Waals surface area contributed by atoms with Gasteiger partial charge in [-0.15, -0.1) is 0 Å². The van der Waals surface area contributed by atoms with Crippen LogP contribution in [0.15, 0.2) is 78.9 Å². The van der Waals surface area contributed by atoms with Crippen LogP contribution in [0.5, 0.6) is 5.75 Å². The summed E-state index contributed by atoms with van der Waals surface area (Å²) in [6.07, 6.45) is 3.39. The highest BCUT2D eigenvalue weighted by atomic mass is 16.5. The van der Waals surface area contributed by atoms with Gasteiger partial charge in [0.05, 0.1) is 6.61 Å². The molecule has 1 nitrogen and oxygen atoms in total. The fourth-order valence-corrected chi connectivity index (χ4v) is 4.22. The third-order valence-corrected chi connectivity index (χ3v) is 5.46. The molecule has 4 rings (SSSR count). The van der Waals surface area contributed by atoms with Crippen LogP contribution in [0.2, 0.25) is 0 Å². The van der Waals surface area contributed by atoms with Crippen molar-refractivity contribution < 1.29 is 4.74 Å². The van der Waals surface area contributed by atoms with E-state index < -0.39 is 0 Å². The van der Waals surface area contributed by atoms with Gasteiger partial charge in [-0.2, -0.15) is 0 Å². The molecule has 0 amide bonds. The zero-order valence-corrected chi connectivity index (χ0v) is 15.4. The van der Waals surface area contributed by atoms with Gasteiger partial charge >= 0.3 is 0 Å². The number of hydrogen-bond acceptors (Lipinski definition) is 1. The van der Waals surface area contributed by atoms with Gasteiger partial charge in [0.25, 0.3) is 0 Å². The summed E-state index contributed by atoms with van der Waals surface area (Å²) in [5.41, 5.74) is 5.80. The van der Waals surface area contributed by atoms with Crippen molar-refractivity contribution in [2.45, 2.75) is 38.0 Å². The third-order valence-electron chi connectivity index (χ3n) is 5.46. The molecule has 0 heterocycles. The van der Waals surface area contributed by atoms with Gasteiger partial charge in [-0.25, -0.2) is 0 Å². The normalized spacial score (nSPS) is 19.0. The summed E-state index contributed by atoms with van der Waals surface area (Å²) in [6.45, 7) is 2.91. The molecule has 1 heteroatoms. The van der Waals surface area contributed by atoms with Crippen LogP contribution in [0.25, 0.3) is 0 Å². The highest BCUT2D eigenvalue weighted by Crippen LogP contribution is 2.46. The Kier molecular flexibility index (Phi) is 5.06. The van der Waals surface area contributed by atoms with E-state index in [1.807, 2.05) is 0 Å². The van der Waals surface area contributed by atoms with E-state index in [2.05, 4.69) is 85.8 Å². The average molecular weight is 342 g/mol. The van der Waals surface area contributed by atoms with Gasteiger partial charge in [0.15, 0.2) is 0 Å². The molecule has 0 radical (unpaired) electrons. The van der Waals surface area contributed by atoms with Crippen molar-refractivity contribution in [3.05, 3.63) is 101 Å². The van der Waals surface area contributed by atoms with Crippen LogP contribution < -0.4 is 4.74 Å². The monoisotopic (exact) mass is 342 g/mol. The largest absolute Gasteiger partial charge is 0.494 e. The topological polar surface area (TPSA) is 9.23 Å². The van der Waals surface area contributed by atoms with Crippen LogP contribution in [-0.2, 0) is 6.42 Å². The van der Waals surface area contributed by atoms with Crippen molar-refractivity contribution in [1.29, 1.82) is 0 Å². The number of hydrogen-bond donors (Lipinski definition) is 0. The van der Waals surface area contributed by atoms with Crippen molar-refractivity contribution >= 4 is 0 Å². The Labute approximate surface area is 156 Å². The molecule has 0 fully saturated rings. The van der Waals surface area contributed by atoms with Crippen LogP contribution in [0.3, 0.4) is 0 Å². The zero-order valence-electron chi connectivity index (χ0n) is 15.4. The molecule has 0 aromatic heterocycles. The lowest BCUT2D eigenvalue weighted by atomic mass is 9.69. The van der Waals surface area contributed by atoms with Gasteiger partial charge in [-0.1, -0.05) is 73.7 Å². The maximum Gasteiger partial charge on any atom is 0.119 e. The fourth-order valence-electron chi connectivity index (χ4n) is 4.22. The minimum atomic E-state index is 0.405. The highest BCUT2D eigenvalue weighted by Gasteiger charge is 2.31. The van der Waals surface area contributed by atoms with E-state index in [9.17, 15) is 0 Å². The summed E-state index contributed by atoms with van der Waals surface area (Å²) in [5.74, 6) is 1.90. The highest BCUT2D eigenvalue weighted by molar-refractivity contribution is 5.45. The SMILES string of the molecule is CCCOc1ccc(C2c3ccccc3CCC2c2ccccc2)cc1. The fraction of sp³-hybridized carbons (Fsp3) is 0.280. The molecular weight excluding hydrogens is 316 g/mol. The lowest BCUT2D eigenvalue weighted by Crippen LogP contribution is -2.20. The van der Waals surface area contributed by atoms with Gasteiger partial charge in [-0.3, -0.25) is 0 Å². The molecule has 0 N–H and O–H groups in total. The second kappa shape index (κ2) is 7.78. The Hall–Kier alpha value is -2.54. The van der Waals surface area contributed by atoms with E-state index in [4.69, 9.17) is 4.74 Å². The van der Waals surface area contributed by atoms with Gasteiger partial charge in [0.1, 0.15) is 5.75 Å². The second-order valence-corrected chi connectivity index (χ2v) is 7.15. The van der Waals surface area contributed by atoms with Crippen LogP contribution in [0.1, 0.15) is 53.9 Å². The van der Waals surface area contributed by atoms with E-state index in [0.717, 1.165) is 25.2 Å². The number of benzene rings is 3. The summed E-state index contributed by atoms with van der Waals surface area (Å²) < 4.78 is 5.78. The molecule has 0 saturated carbocycles. The smallest absolute Gasteiger partial charge is 0.119 e. The second-order valence-electron chi connectivity index (χ2n) is 7.15. The first kappa shape index (κ1) is 16.9. The summed E-state index contributed by atoms with van der Waals surface area (Å²) in [4.78, 5) is 0. The number of ether oxygens (including phenoxy) is 1. The van der Waals surface area contributed by atoms with E-state index >= 15 is 0 Å². The van der Waals surface area contributed by atoms with Crippen LogP contribution in [0, 0.1) is 0 Å². The molecule has 2 atom stereocenters. The first-order chi connectivity index (χ1) is 12.9. The molecule has 1 aliphatic rings. The molecule has 0 saturated heterocycles. The maximum atomic E-state index is 5.78. The van der Waals surface area contributed by atoms with Gasteiger partial charge in [-0.05, 0) is 59.6 Å². The molecule has 1 aliphatic carbocycles. The van der Waals surface area contributed by atoms with Crippen LogP contribution in [0.4, 0.5) is 0 Å². The molecule has 26 heavy (non-hydrogen) atoms. The first-order valence-electron chi connectivity index (χ1n) is 9.72. The van der Waals surface area contributed by atoms with Gasteiger partial charge in [0.2, 0.25) is 0 Å². The molecule has 0 spiro atoms. The minimum absolute atomic E-state index is 0.405. The van der Waals surface area contributed by atoms with Crippen molar-refractivity contribution in [2.24, 2.45) is 0 Å². The standard InChI is InChI=1S/C25H26O/c1-2-18-26-22-15-12-21(13-16-22)25-23-11-7-6-10-20(23)14-17-24(25)19-8-4-3-5-9-19/h3-13,15-16,24-25H,2,14,17-18H2,1H3. The Bertz CT molecular complexity index is 836. The van der Waals surface area contributed by atoms with Crippen molar-refractivity contribution in [1.82, 2.24) is 0 Å². The lowest BCUT2D eigenvalue weighted by molar-refractivity contribution is 0.317. The third kappa shape index (κ3) is 3.39. The van der Waals surface area contributed by atoms with Gasteiger partial charge < -0.3 is 4.74 Å². The Morgan fingerprint density at radius 2 is 1.54 bits per heavy atom. The zero-order chi connectivity index (χ0) is 17.8. The quantitative estimate of drug-likeness (QED) is 0.526. The van der Waals surface area contributed by atoms with Crippen molar-refractivity contribution in [2.75, 3.05) is 6.61 Å². The molecule has 3 aromatic carbocycles. The first-order valence-corrected chi connectivity index (χ1v) is 9.72. The summed E-state index contributed by atoms with van der Waals surface area (Å²) in [7, 11) is 0. The summed E-state index contributed by atoms with van der Waals surface area (Å²) >= 11 is 0. The Morgan fingerprint density at radius 3 is 2.31 bits per heavy atom. The van der Waals surface area contributed by atoms with Crippen LogP contribution >= 0.6 is 0 Å². The Morgan fingerprint density at radius 1 is 0.808 bits per heavy atom. The predicted octanol–water partition coefficient (Wildman–Crippen LogP) is 6.34. The Balaban J connectivity index is 1.73. The van der Waals surface area contributed by atoms with E-state index in [1.54, 1.807) is 0 Å². The maximum absolute atomic E-state index is 5.78. The van der Waals surface area contributed by atoms with E-state index in [-0.39, 0.29) is 0 Å². The number of fused-ring (bicyclic) bond motifs is 1. The van der Waals surface area contributed by atoms with Gasteiger partial charge in [0, 0.05) is 5.92 Å². The van der Waals surface area contributed by atoms with Crippen molar-refractivity contribution in [3.63, 3.8) is 0 Å². The van der Waals surface area contributed by atoms with E-state index in [1.165, 1.54) is 28.7 Å². The summed E-state index contributed by atoms with van der Waals surface area (Å²) in [6, 6.07) is 28.7. The molecule has 132 valence electrons. The minimum Gasteiger partial charge on any atom is -0.494 e. The molecule has 0 aliphatic heterocycles. The number of rotatable bonds is 5. The predicted molar refractivity (Wildman–Crippen MR) is 108 cm³/mol. The van der Waals surface area contributed by atoms with E-state index in [0.29, 0.717) is 11.8 Å². The number of aryl methyl sites for hydroxylation is 1. The van der Waals surface area contributed by atoms with Crippen molar-refractivity contribution in [3.8, 4) is 5.75 Å². The summed E-state index contributed by atoms with van der Waals surface area (Å²) in [5, 5.41) is 0. The lowest BCUT2D eigenvalue weighted by Gasteiger charge is -2.34. The molecular formula is C25H26O. The molecule has 3 aromatic rings. The molecule has 2 unspecified atom stereocenters. The van der Waals surface area contributed by atoms with Crippen LogP contribution in [-0.4, -0.2) is 6.61 Å². The molecule has 0 bridgehead atoms. The average Bonchev–Trinajstić information content (AvgIpc) is 2.72.